The fourth-order valence-corrected chi connectivity index (χ4v) is 2.62. The summed E-state index contributed by atoms with van der Waals surface area (Å²) in [6, 6.07) is 7.31. The first-order valence-corrected chi connectivity index (χ1v) is 8.09. The van der Waals surface area contributed by atoms with Gasteiger partial charge < -0.3 is 4.74 Å². The van der Waals surface area contributed by atoms with Crippen LogP contribution in [0.1, 0.15) is 12.5 Å². The number of sulfonamides is 1. The molecule has 106 valence electrons. The van der Waals surface area contributed by atoms with Crippen LogP contribution in [0.3, 0.4) is 0 Å². The highest BCUT2D eigenvalue weighted by Gasteiger charge is 2.22. The lowest BCUT2D eigenvalue weighted by molar-refractivity contribution is -0.140. The molecule has 0 aliphatic rings. The summed E-state index contributed by atoms with van der Waals surface area (Å²) in [5.74, 6) is -1.36. The Labute approximate surface area is 121 Å². The lowest BCUT2D eigenvalue weighted by Gasteiger charge is -2.16. The van der Waals surface area contributed by atoms with E-state index in [0.717, 1.165) is 14.3 Å². The summed E-state index contributed by atoms with van der Waals surface area (Å²) < 4.78 is 30.5. The number of esters is 1. The molecule has 7 heteroatoms. The van der Waals surface area contributed by atoms with Crippen LogP contribution in [-0.2, 0) is 26.1 Å². The third-order valence-electron chi connectivity index (χ3n) is 2.40. The van der Waals surface area contributed by atoms with Gasteiger partial charge in [-0.25, -0.2) is 12.7 Å². The molecule has 0 spiro atoms. The van der Waals surface area contributed by atoms with Crippen LogP contribution >= 0.6 is 15.9 Å². The first-order chi connectivity index (χ1) is 8.85. The number of halogens is 1. The van der Waals surface area contributed by atoms with E-state index >= 15 is 0 Å². The molecule has 5 nitrogen and oxygen atoms in total. The van der Waals surface area contributed by atoms with Gasteiger partial charge in [0.2, 0.25) is 10.0 Å². The molecule has 0 saturated heterocycles. The van der Waals surface area contributed by atoms with Gasteiger partial charge in [0.1, 0.15) is 0 Å². The largest absolute Gasteiger partial charge is 0.465 e. The summed E-state index contributed by atoms with van der Waals surface area (Å²) in [5, 5.41) is 0. The molecule has 0 atom stereocenters. The second-order valence-corrected chi connectivity index (χ2v) is 6.94. The summed E-state index contributed by atoms with van der Waals surface area (Å²) in [7, 11) is -2.20. The molecule has 0 fully saturated rings. The minimum atomic E-state index is -3.64. The first kappa shape index (κ1) is 16.1. The smallest absolute Gasteiger partial charge is 0.322 e. The molecule has 0 bridgehead atoms. The lowest BCUT2D eigenvalue weighted by Crippen LogP contribution is -2.32. The van der Waals surface area contributed by atoms with Gasteiger partial charge in [-0.1, -0.05) is 28.1 Å². The quantitative estimate of drug-likeness (QED) is 0.734. The lowest BCUT2D eigenvalue weighted by atomic mass is 10.2. The van der Waals surface area contributed by atoms with Crippen molar-refractivity contribution in [1.29, 1.82) is 0 Å². The zero-order chi connectivity index (χ0) is 14.5. The topological polar surface area (TPSA) is 63.7 Å². The molecular formula is C12H16BrNO4S. The first-order valence-electron chi connectivity index (χ1n) is 5.69. The van der Waals surface area contributed by atoms with Crippen molar-refractivity contribution in [3.63, 3.8) is 0 Å². The Hall–Kier alpha value is -0.920. The van der Waals surface area contributed by atoms with Crippen LogP contribution in [0, 0.1) is 0 Å². The maximum atomic E-state index is 11.9. The molecule has 0 radical (unpaired) electrons. The number of hydrogen-bond donors (Lipinski definition) is 0. The number of nitrogens with zero attached hydrogens (tertiary/aromatic N) is 1. The molecule has 0 amide bonds. The van der Waals surface area contributed by atoms with E-state index in [1.165, 1.54) is 7.05 Å². The second kappa shape index (κ2) is 7.02. The number of carbonyl (C=O) groups is 1. The highest BCUT2D eigenvalue weighted by atomic mass is 79.9. The van der Waals surface area contributed by atoms with E-state index in [2.05, 4.69) is 20.7 Å². The molecular weight excluding hydrogens is 334 g/mol. The van der Waals surface area contributed by atoms with Crippen LogP contribution in [0.2, 0.25) is 0 Å². The SMILES string of the molecule is CCOC(=O)CS(=O)(=O)N(C)Cc1ccc(Br)cc1. The standard InChI is InChI=1S/C12H16BrNO4S/c1-3-18-12(15)9-19(16,17)14(2)8-10-4-6-11(13)7-5-10/h4-7H,3,8-9H2,1-2H3. The van der Waals surface area contributed by atoms with Gasteiger partial charge in [-0.2, -0.15) is 0 Å². The van der Waals surface area contributed by atoms with Gasteiger partial charge in [0.15, 0.2) is 5.75 Å². The van der Waals surface area contributed by atoms with Gasteiger partial charge >= 0.3 is 5.97 Å². The summed E-state index contributed by atoms with van der Waals surface area (Å²) in [6.45, 7) is 2.02. The van der Waals surface area contributed by atoms with Crippen molar-refractivity contribution in [1.82, 2.24) is 4.31 Å². The Morgan fingerprint density at radius 3 is 2.42 bits per heavy atom. The Balaban J connectivity index is 2.68. The van der Waals surface area contributed by atoms with Crippen LogP contribution < -0.4 is 0 Å². The van der Waals surface area contributed by atoms with Gasteiger partial charge in [0, 0.05) is 18.1 Å². The predicted molar refractivity (Wildman–Crippen MR) is 76.0 cm³/mol. The minimum Gasteiger partial charge on any atom is -0.465 e. The van der Waals surface area contributed by atoms with Crippen LogP contribution in [-0.4, -0.2) is 38.1 Å². The van der Waals surface area contributed by atoms with Crippen LogP contribution in [0.4, 0.5) is 0 Å². The second-order valence-electron chi connectivity index (χ2n) is 3.94. The molecule has 0 aliphatic heterocycles. The van der Waals surface area contributed by atoms with E-state index in [1.807, 2.05) is 24.3 Å². The van der Waals surface area contributed by atoms with Crippen molar-refractivity contribution in [2.24, 2.45) is 0 Å². The van der Waals surface area contributed by atoms with Gasteiger partial charge in [0.25, 0.3) is 0 Å². The van der Waals surface area contributed by atoms with Gasteiger partial charge in [-0.05, 0) is 24.6 Å². The average molecular weight is 350 g/mol. The molecule has 0 N–H and O–H groups in total. The van der Waals surface area contributed by atoms with E-state index < -0.39 is 21.7 Å². The molecule has 0 heterocycles. The van der Waals surface area contributed by atoms with E-state index in [0.29, 0.717) is 0 Å². The monoisotopic (exact) mass is 349 g/mol. The molecule has 1 aromatic rings. The maximum absolute atomic E-state index is 11.9. The Morgan fingerprint density at radius 1 is 1.32 bits per heavy atom. The number of ether oxygens (including phenoxy) is 1. The summed E-state index contributed by atoms with van der Waals surface area (Å²) in [4.78, 5) is 11.2. The van der Waals surface area contributed by atoms with Crippen molar-refractivity contribution in [3.05, 3.63) is 34.3 Å². The van der Waals surface area contributed by atoms with Crippen molar-refractivity contribution in [3.8, 4) is 0 Å². The van der Waals surface area contributed by atoms with E-state index in [9.17, 15) is 13.2 Å². The molecule has 0 aliphatic carbocycles. The Kier molecular flexibility index (Phi) is 5.96. The van der Waals surface area contributed by atoms with Gasteiger partial charge in [0.05, 0.1) is 6.61 Å². The number of hydrogen-bond acceptors (Lipinski definition) is 4. The summed E-state index contributed by atoms with van der Waals surface area (Å²) >= 11 is 3.31. The van der Waals surface area contributed by atoms with Crippen molar-refractivity contribution >= 4 is 31.9 Å². The predicted octanol–water partition coefficient (Wildman–Crippen LogP) is 1.77. The van der Waals surface area contributed by atoms with Crippen LogP contribution in [0.25, 0.3) is 0 Å². The number of carbonyl (C=O) groups excluding carboxylic acids is 1. The Morgan fingerprint density at radius 2 is 1.89 bits per heavy atom. The normalized spacial score (nSPS) is 11.6. The van der Waals surface area contributed by atoms with Crippen LogP contribution in [0.5, 0.6) is 0 Å². The minimum absolute atomic E-state index is 0.171. The molecule has 1 aromatic carbocycles. The van der Waals surface area contributed by atoms with E-state index in [1.54, 1.807) is 6.92 Å². The third kappa shape index (κ3) is 5.30. The highest BCUT2D eigenvalue weighted by molar-refractivity contribution is 9.10. The molecule has 1 rings (SSSR count). The van der Waals surface area contributed by atoms with Crippen molar-refractivity contribution < 1.29 is 17.9 Å². The fourth-order valence-electron chi connectivity index (χ4n) is 1.41. The van der Waals surface area contributed by atoms with E-state index in [4.69, 9.17) is 0 Å². The summed E-state index contributed by atoms with van der Waals surface area (Å²) in [5.41, 5.74) is 0.845. The van der Waals surface area contributed by atoms with Crippen LogP contribution in [0.15, 0.2) is 28.7 Å². The molecule has 0 saturated carbocycles. The Bertz CT molecular complexity index is 527. The zero-order valence-electron chi connectivity index (χ0n) is 10.8. The highest BCUT2D eigenvalue weighted by Crippen LogP contribution is 2.13. The summed E-state index contributed by atoms with van der Waals surface area (Å²) in [6.07, 6.45) is 0. The van der Waals surface area contributed by atoms with E-state index in [-0.39, 0.29) is 13.2 Å². The average Bonchev–Trinajstić information content (AvgIpc) is 2.31. The molecule has 0 aromatic heterocycles. The molecule has 0 unspecified atom stereocenters. The maximum Gasteiger partial charge on any atom is 0.322 e. The fraction of sp³-hybridized carbons (Fsp3) is 0.417. The zero-order valence-corrected chi connectivity index (χ0v) is 13.2. The number of rotatable bonds is 6. The molecule has 19 heavy (non-hydrogen) atoms. The van der Waals surface area contributed by atoms with Gasteiger partial charge in [-0.3, -0.25) is 4.79 Å². The third-order valence-corrected chi connectivity index (χ3v) is 4.61. The number of benzene rings is 1. The van der Waals surface area contributed by atoms with Gasteiger partial charge in [-0.15, -0.1) is 0 Å². The van der Waals surface area contributed by atoms with Crippen molar-refractivity contribution in [2.45, 2.75) is 13.5 Å². The van der Waals surface area contributed by atoms with Crippen molar-refractivity contribution in [2.75, 3.05) is 19.4 Å².